The number of aryl methyl sites for hydroxylation is 1. The molecule has 0 fully saturated rings. The minimum absolute atomic E-state index is 0.311. The summed E-state index contributed by atoms with van der Waals surface area (Å²) in [7, 11) is 1.73. The molecular formula is C13H18N2O2S. The van der Waals surface area contributed by atoms with E-state index in [2.05, 4.69) is 17.9 Å². The number of nitrogens with zero attached hydrogens (tertiary/aromatic N) is 1. The molecule has 0 radical (unpaired) electrons. The molecule has 0 aliphatic carbocycles. The van der Waals surface area contributed by atoms with Crippen LogP contribution >= 0.6 is 12.6 Å². The fraction of sp³-hybridized carbons (Fsp3) is 0.462. The molecule has 0 spiro atoms. The number of rotatable bonds is 6. The highest BCUT2D eigenvalue weighted by atomic mass is 32.1. The molecule has 2 rings (SSSR count). The van der Waals surface area contributed by atoms with E-state index in [1.807, 2.05) is 18.2 Å². The molecule has 1 aromatic carbocycles. The van der Waals surface area contributed by atoms with Gasteiger partial charge in [-0.25, -0.2) is 4.79 Å². The Kier molecular flexibility index (Phi) is 4.49. The second-order valence-electron chi connectivity index (χ2n) is 4.31. The third kappa shape index (κ3) is 2.97. The van der Waals surface area contributed by atoms with Crippen molar-refractivity contribution in [1.82, 2.24) is 9.88 Å². The van der Waals surface area contributed by atoms with Crippen LogP contribution in [0.3, 0.4) is 0 Å². The molecule has 0 saturated heterocycles. The SMILES string of the molecule is Cn1c(=O)oc2ccc(CCNCCCS)cc21. The zero-order valence-corrected chi connectivity index (χ0v) is 11.4. The maximum Gasteiger partial charge on any atom is 0.419 e. The first-order chi connectivity index (χ1) is 8.72. The largest absolute Gasteiger partial charge is 0.419 e. The molecule has 1 aromatic heterocycles. The standard InChI is InChI=1S/C13H18N2O2S/c1-15-11-9-10(5-7-14-6-2-8-18)3-4-12(11)17-13(15)16/h3-4,9,14,18H,2,5-8H2,1H3. The Bertz CT molecular complexity index is 574. The van der Waals surface area contributed by atoms with Crippen molar-refractivity contribution in [1.29, 1.82) is 0 Å². The van der Waals surface area contributed by atoms with Gasteiger partial charge in [0.05, 0.1) is 5.52 Å². The third-order valence-corrected chi connectivity index (χ3v) is 3.27. The van der Waals surface area contributed by atoms with Gasteiger partial charge in [0.1, 0.15) is 0 Å². The van der Waals surface area contributed by atoms with Gasteiger partial charge in [0, 0.05) is 7.05 Å². The highest BCUT2D eigenvalue weighted by Gasteiger charge is 2.05. The molecule has 0 unspecified atom stereocenters. The molecule has 18 heavy (non-hydrogen) atoms. The van der Waals surface area contributed by atoms with E-state index in [0.29, 0.717) is 5.58 Å². The van der Waals surface area contributed by atoms with Crippen molar-refractivity contribution in [2.24, 2.45) is 7.05 Å². The second kappa shape index (κ2) is 6.11. The van der Waals surface area contributed by atoms with Gasteiger partial charge in [0.25, 0.3) is 0 Å². The van der Waals surface area contributed by atoms with Crippen LogP contribution < -0.4 is 11.1 Å². The summed E-state index contributed by atoms with van der Waals surface area (Å²) >= 11 is 4.16. The van der Waals surface area contributed by atoms with Gasteiger partial charge in [-0.2, -0.15) is 12.6 Å². The number of benzene rings is 1. The molecule has 4 nitrogen and oxygen atoms in total. The van der Waals surface area contributed by atoms with Crippen LogP contribution in [0.2, 0.25) is 0 Å². The lowest BCUT2D eigenvalue weighted by molar-refractivity contribution is 0.528. The number of hydrogen-bond donors (Lipinski definition) is 2. The minimum atomic E-state index is -0.311. The maximum absolute atomic E-state index is 11.4. The van der Waals surface area contributed by atoms with Gasteiger partial charge < -0.3 is 9.73 Å². The van der Waals surface area contributed by atoms with E-state index in [4.69, 9.17) is 4.42 Å². The fourth-order valence-corrected chi connectivity index (χ4v) is 2.05. The average molecular weight is 266 g/mol. The summed E-state index contributed by atoms with van der Waals surface area (Å²) in [5.74, 6) is 0.602. The number of oxazole rings is 1. The van der Waals surface area contributed by atoms with Crippen molar-refractivity contribution in [3.8, 4) is 0 Å². The van der Waals surface area contributed by atoms with Crippen LogP contribution in [0.4, 0.5) is 0 Å². The Labute approximate surface area is 111 Å². The first kappa shape index (κ1) is 13.2. The highest BCUT2D eigenvalue weighted by Crippen LogP contribution is 2.14. The molecule has 0 aliphatic heterocycles. The Hall–Kier alpha value is -1.20. The Morgan fingerprint density at radius 1 is 1.39 bits per heavy atom. The number of hydrogen-bond acceptors (Lipinski definition) is 4. The lowest BCUT2D eigenvalue weighted by Crippen LogP contribution is -2.18. The Balaban J connectivity index is 2.01. The van der Waals surface area contributed by atoms with Crippen molar-refractivity contribution in [3.63, 3.8) is 0 Å². The molecule has 5 heteroatoms. The number of thiol groups is 1. The zero-order chi connectivity index (χ0) is 13.0. The number of fused-ring (bicyclic) bond motifs is 1. The second-order valence-corrected chi connectivity index (χ2v) is 4.75. The molecule has 1 heterocycles. The van der Waals surface area contributed by atoms with Crippen LogP contribution in [-0.2, 0) is 13.5 Å². The van der Waals surface area contributed by atoms with Crippen LogP contribution in [0.1, 0.15) is 12.0 Å². The molecule has 0 amide bonds. The third-order valence-electron chi connectivity index (χ3n) is 2.96. The van der Waals surface area contributed by atoms with E-state index in [9.17, 15) is 4.79 Å². The van der Waals surface area contributed by atoms with Crippen LogP contribution in [0.5, 0.6) is 0 Å². The van der Waals surface area contributed by atoms with Crippen molar-refractivity contribution in [2.45, 2.75) is 12.8 Å². The van der Waals surface area contributed by atoms with E-state index >= 15 is 0 Å². The predicted octanol–water partition coefficient (Wildman–Crippen LogP) is 1.58. The van der Waals surface area contributed by atoms with Crippen molar-refractivity contribution >= 4 is 23.7 Å². The van der Waals surface area contributed by atoms with Gasteiger partial charge in [-0.15, -0.1) is 0 Å². The van der Waals surface area contributed by atoms with Gasteiger partial charge in [0.15, 0.2) is 5.58 Å². The zero-order valence-electron chi connectivity index (χ0n) is 10.5. The van der Waals surface area contributed by atoms with E-state index in [-0.39, 0.29) is 5.76 Å². The number of nitrogens with one attached hydrogen (secondary N) is 1. The van der Waals surface area contributed by atoms with Crippen LogP contribution in [0, 0.1) is 0 Å². The quantitative estimate of drug-likeness (QED) is 0.616. The summed E-state index contributed by atoms with van der Waals surface area (Å²) in [6, 6.07) is 5.88. The van der Waals surface area contributed by atoms with Crippen LogP contribution in [-0.4, -0.2) is 23.4 Å². The van der Waals surface area contributed by atoms with E-state index in [0.717, 1.165) is 37.2 Å². The van der Waals surface area contributed by atoms with Gasteiger partial charge in [-0.1, -0.05) is 6.07 Å². The topological polar surface area (TPSA) is 47.2 Å². The molecule has 0 saturated carbocycles. The fourth-order valence-electron chi connectivity index (χ4n) is 1.89. The minimum Gasteiger partial charge on any atom is -0.408 e. The summed E-state index contributed by atoms with van der Waals surface area (Å²) in [5.41, 5.74) is 2.71. The molecule has 1 N–H and O–H groups in total. The molecule has 0 bridgehead atoms. The monoisotopic (exact) mass is 266 g/mol. The maximum atomic E-state index is 11.4. The van der Waals surface area contributed by atoms with E-state index in [1.54, 1.807) is 7.05 Å². The molecule has 98 valence electrons. The molecular weight excluding hydrogens is 248 g/mol. The first-order valence-corrected chi connectivity index (χ1v) is 6.75. The summed E-state index contributed by atoms with van der Waals surface area (Å²) in [6.07, 6.45) is 2.03. The molecule has 0 aliphatic rings. The van der Waals surface area contributed by atoms with Crippen molar-refractivity contribution in [2.75, 3.05) is 18.8 Å². The Morgan fingerprint density at radius 2 is 2.22 bits per heavy atom. The average Bonchev–Trinajstić information content (AvgIpc) is 2.65. The predicted molar refractivity (Wildman–Crippen MR) is 76.5 cm³/mol. The Morgan fingerprint density at radius 3 is 3.00 bits per heavy atom. The normalized spacial score (nSPS) is 11.2. The summed E-state index contributed by atoms with van der Waals surface area (Å²) in [5, 5.41) is 3.36. The van der Waals surface area contributed by atoms with Crippen LogP contribution in [0.15, 0.2) is 27.4 Å². The van der Waals surface area contributed by atoms with E-state index < -0.39 is 0 Å². The summed E-state index contributed by atoms with van der Waals surface area (Å²) in [6.45, 7) is 1.93. The lowest BCUT2D eigenvalue weighted by Gasteiger charge is -2.04. The smallest absolute Gasteiger partial charge is 0.408 e. The molecule has 2 aromatic rings. The summed E-state index contributed by atoms with van der Waals surface area (Å²) in [4.78, 5) is 11.4. The van der Waals surface area contributed by atoms with Gasteiger partial charge in [-0.05, 0) is 49.4 Å². The highest BCUT2D eigenvalue weighted by molar-refractivity contribution is 7.80. The van der Waals surface area contributed by atoms with Gasteiger partial charge in [-0.3, -0.25) is 4.57 Å². The number of aromatic nitrogens is 1. The van der Waals surface area contributed by atoms with Crippen molar-refractivity contribution < 1.29 is 4.42 Å². The van der Waals surface area contributed by atoms with Crippen LogP contribution in [0.25, 0.3) is 11.1 Å². The first-order valence-electron chi connectivity index (χ1n) is 6.12. The van der Waals surface area contributed by atoms with Crippen molar-refractivity contribution in [3.05, 3.63) is 34.3 Å². The van der Waals surface area contributed by atoms with E-state index in [1.165, 1.54) is 10.1 Å². The summed E-state index contributed by atoms with van der Waals surface area (Å²) < 4.78 is 6.63. The lowest BCUT2D eigenvalue weighted by atomic mass is 10.1. The van der Waals surface area contributed by atoms with Gasteiger partial charge >= 0.3 is 5.76 Å². The van der Waals surface area contributed by atoms with Gasteiger partial charge in [0.2, 0.25) is 0 Å². The molecule has 0 atom stereocenters.